The normalized spacial score (nSPS) is 12.2. The number of likely N-dealkylation sites (N-methyl/N-ethyl adjacent to an activating group) is 1. The minimum atomic E-state index is -0.600. The number of hydrogen-bond donors (Lipinski definition) is 0. The Labute approximate surface area is 124 Å². The summed E-state index contributed by atoms with van der Waals surface area (Å²) in [7, 11) is 3.29. The van der Waals surface area contributed by atoms with E-state index in [1.165, 1.54) is 0 Å². The van der Waals surface area contributed by atoms with Gasteiger partial charge in [0.05, 0.1) is 12.2 Å². The van der Waals surface area contributed by atoms with E-state index in [0.717, 1.165) is 22.6 Å². The Balaban J connectivity index is 2.14. The monoisotopic (exact) mass is 288 g/mol. The minimum Gasteiger partial charge on any atom is -0.367 e. The largest absolute Gasteiger partial charge is 0.367 e. The first-order chi connectivity index (χ1) is 10.0. The minimum absolute atomic E-state index is 0.0938. The summed E-state index contributed by atoms with van der Waals surface area (Å²) in [5.74, 6) is 0.643. The lowest BCUT2D eigenvalue weighted by Crippen LogP contribution is -2.32. The summed E-state index contributed by atoms with van der Waals surface area (Å²) in [6.45, 7) is 4.17. The van der Waals surface area contributed by atoms with Crippen molar-refractivity contribution in [1.82, 2.24) is 10.1 Å². The summed E-state index contributed by atoms with van der Waals surface area (Å²) >= 11 is 0. The molecule has 5 nitrogen and oxygen atoms in total. The number of carbonyl (C=O) groups is 1. The van der Waals surface area contributed by atoms with Crippen LogP contribution in [-0.2, 0) is 16.1 Å². The molecule has 2 rings (SSSR count). The van der Waals surface area contributed by atoms with Crippen molar-refractivity contribution in [2.24, 2.45) is 0 Å². The molecule has 0 unspecified atom stereocenters. The molecule has 0 N–H and O–H groups in total. The smallest absolute Gasteiger partial charge is 0.256 e. The summed E-state index contributed by atoms with van der Waals surface area (Å²) in [6, 6.07) is 9.46. The predicted octanol–water partition coefficient (Wildman–Crippen LogP) is 2.64. The molecule has 0 saturated carbocycles. The van der Waals surface area contributed by atoms with Crippen LogP contribution in [0.5, 0.6) is 0 Å². The summed E-state index contributed by atoms with van der Waals surface area (Å²) in [4.78, 5) is 14.2. The van der Waals surface area contributed by atoms with Gasteiger partial charge >= 0.3 is 0 Å². The molecule has 0 spiro atoms. The van der Waals surface area contributed by atoms with Gasteiger partial charge in [-0.1, -0.05) is 35.5 Å². The maximum atomic E-state index is 12.6. The molecule has 1 aromatic heterocycles. The molecule has 112 valence electrons. The van der Waals surface area contributed by atoms with Crippen LogP contribution >= 0.6 is 0 Å². The van der Waals surface area contributed by atoms with Crippen LogP contribution in [0.15, 0.2) is 34.9 Å². The van der Waals surface area contributed by atoms with Crippen molar-refractivity contribution >= 4 is 5.91 Å². The zero-order chi connectivity index (χ0) is 15.4. The van der Waals surface area contributed by atoms with E-state index < -0.39 is 6.10 Å². The fourth-order valence-corrected chi connectivity index (χ4v) is 2.25. The number of aromatic nitrogens is 1. The number of hydrogen-bond acceptors (Lipinski definition) is 4. The SMILES string of the molecule is CO[C@H](C(=O)N(C)Cc1c(C)noc1C)c1ccccc1. The maximum Gasteiger partial charge on any atom is 0.256 e. The van der Waals surface area contributed by atoms with E-state index in [0.29, 0.717) is 6.54 Å². The first-order valence-electron chi connectivity index (χ1n) is 6.79. The molecular formula is C16H20N2O3. The third-order valence-corrected chi connectivity index (χ3v) is 3.52. The zero-order valence-corrected chi connectivity index (χ0v) is 12.8. The van der Waals surface area contributed by atoms with Gasteiger partial charge in [-0.2, -0.15) is 0 Å². The summed E-state index contributed by atoms with van der Waals surface area (Å²) in [6.07, 6.45) is -0.600. The fourth-order valence-electron chi connectivity index (χ4n) is 2.25. The molecule has 1 aromatic carbocycles. The van der Waals surface area contributed by atoms with Crippen molar-refractivity contribution in [2.75, 3.05) is 14.2 Å². The molecule has 0 radical (unpaired) electrons. The number of carbonyl (C=O) groups excluding carboxylic acids is 1. The first-order valence-corrected chi connectivity index (χ1v) is 6.79. The number of ether oxygens (including phenoxy) is 1. The highest BCUT2D eigenvalue weighted by Gasteiger charge is 2.24. The lowest BCUT2D eigenvalue weighted by Gasteiger charge is -2.23. The maximum absolute atomic E-state index is 12.6. The van der Waals surface area contributed by atoms with Gasteiger partial charge < -0.3 is 14.2 Å². The molecule has 0 fully saturated rings. The second-order valence-corrected chi connectivity index (χ2v) is 5.02. The first kappa shape index (κ1) is 15.3. The lowest BCUT2D eigenvalue weighted by molar-refractivity contribution is -0.141. The van der Waals surface area contributed by atoms with E-state index in [9.17, 15) is 4.79 Å². The van der Waals surface area contributed by atoms with Crippen molar-refractivity contribution in [3.05, 3.63) is 52.9 Å². The number of methoxy groups -OCH3 is 1. The second-order valence-electron chi connectivity index (χ2n) is 5.02. The van der Waals surface area contributed by atoms with Crippen LogP contribution in [0.1, 0.15) is 28.7 Å². The number of rotatable bonds is 5. The van der Waals surface area contributed by atoms with Gasteiger partial charge in [-0.05, 0) is 19.4 Å². The van der Waals surface area contributed by atoms with Gasteiger partial charge in [0.1, 0.15) is 5.76 Å². The molecule has 1 heterocycles. The Kier molecular flexibility index (Phi) is 4.75. The average molecular weight is 288 g/mol. The van der Waals surface area contributed by atoms with E-state index in [2.05, 4.69) is 5.16 Å². The Bertz CT molecular complexity index is 588. The molecule has 0 aliphatic rings. The predicted molar refractivity (Wildman–Crippen MR) is 78.6 cm³/mol. The lowest BCUT2D eigenvalue weighted by atomic mass is 10.1. The molecule has 0 aliphatic carbocycles. The van der Waals surface area contributed by atoms with Crippen LogP contribution in [-0.4, -0.2) is 30.1 Å². The van der Waals surface area contributed by atoms with E-state index in [4.69, 9.17) is 9.26 Å². The Morgan fingerprint density at radius 2 is 2.00 bits per heavy atom. The summed E-state index contributed by atoms with van der Waals surface area (Å²) in [5, 5.41) is 3.91. The second kappa shape index (κ2) is 6.54. The third kappa shape index (κ3) is 3.31. The highest BCUT2D eigenvalue weighted by molar-refractivity contribution is 5.82. The van der Waals surface area contributed by atoms with Crippen molar-refractivity contribution in [2.45, 2.75) is 26.5 Å². The van der Waals surface area contributed by atoms with Crippen molar-refractivity contribution in [3.63, 3.8) is 0 Å². The highest BCUT2D eigenvalue weighted by atomic mass is 16.5. The molecule has 1 amide bonds. The van der Waals surface area contributed by atoms with Gasteiger partial charge in [-0.25, -0.2) is 0 Å². The highest BCUT2D eigenvalue weighted by Crippen LogP contribution is 2.21. The number of amides is 1. The Hall–Kier alpha value is -2.14. The van der Waals surface area contributed by atoms with Crippen LogP contribution in [0.4, 0.5) is 0 Å². The van der Waals surface area contributed by atoms with Crippen LogP contribution in [0, 0.1) is 13.8 Å². The number of benzene rings is 1. The Morgan fingerprint density at radius 3 is 2.52 bits per heavy atom. The Morgan fingerprint density at radius 1 is 1.33 bits per heavy atom. The molecule has 0 saturated heterocycles. The van der Waals surface area contributed by atoms with Crippen LogP contribution < -0.4 is 0 Å². The van der Waals surface area contributed by atoms with Gasteiger partial charge in [0.25, 0.3) is 5.91 Å². The van der Waals surface area contributed by atoms with Gasteiger partial charge in [-0.3, -0.25) is 4.79 Å². The standard InChI is InChI=1S/C16H20N2O3/c1-11-14(12(2)21-17-11)10-18(3)16(19)15(20-4)13-8-6-5-7-9-13/h5-9,15H,10H2,1-4H3/t15-/m0/s1. The third-order valence-electron chi connectivity index (χ3n) is 3.52. The van der Waals surface area contributed by atoms with Gasteiger partial charge in [0.15, 0.2) is 6.10 Å². The zero-order valence-electron chi connectivity index (χ0n) is 12.8. The average Bonchev–Trinajstić information content (AvgIpc) is 2.81. The molecule has 0 aliphatic heterocycles. The molecule has 2 aromatic rings. The molecule has 5 heteroatoms. The quantitative estimate of drug-likeness (QED) is 0.848. The molecule has 0 bridgehead atoms. The van der Waals surface area contributed by atoms with E-state index >= 15 is 0 Å². The molecule has 1 atom stereocenters. The van der Waals surface area contributed by atoms with E-state index in [1.54, 1.807) is 19.1 Å². The van der Waals surface area contributed by atoms with Crippen molar-refractivity contribution < 1.29 is 14.1 Å². The summed E-state index contributed by atoms with van der Waals surface area (Å²) in [5.41, 5.74) is 2.59. The topological polar surface area (TPSA) is 55.6 Å². The van der Waals surface area contributed by atoms with Gasteiger partial charge in [-0.15, -0.1) is 0 Å². The van der Waals surface area contributed by atoms with Crippen molar-refractivity contribution in [1.29, 1.82) is 0 Å². The van der Waals surface area contributed by atoms with Gasteiger partial charge in [0, 0.05) is 19.7 Å². The van der Waals surface area contributed by atoms with Crippen LogP contribution in [0.3, 0.4) is 0 Å². The number of aryl methyl sites for hydroxylation is 2. The van der Waals surface area contributed by atoms with Crippen molar-refractivity contribution in [3.8, 4) is 0 Å². The molecule has 21 heavy (non-hydrogen) atoms. The van der Waals surface area contributed by atoms with Crippen LogP contribution in [0.25, 0.3) is 0 Å². The fraction of sp³-hybridized carbons (Fsp3) is 0.375. The van der Waals surface area contributed by atoms with Gasteiger partial charge in [0.2, 0.25) is 0 Å². The summed E-state index contributed by atoms with van der Waals surface area (Å²) < 4.78 is 10.5. The van der Waals surface area contributed by atoms with E-state index in [1.807, 2.05) is 44.2 Å². The number of nitrogens with zero attached hydrogens (tertiary/aromatic N) is 2. The molecular weight excluding hydrogens is 268 g/mol. The van der Waals surface area contributed by atoms with E-state index in [-0.39, 0.29) is 5.91 Å². The van der Waals surface area contributed by atoms with Crippen LogP contribution in [0.2, 0.25) is 0 Å².